The van der Waals surface area contributed by atoms with E-state index in [1.807, 2.05) is 6.20 Å². The number of aromatic hydroxyl groups is 1. The van der Waals surface area contributed by atoms with E-state index in [0.29, 0.717) is 5.75 Å². The molecule has 0 aliphatic carbocycles. The molecule has 0 saturated carbocycles. The van der Waals surface area contributed by atoms with Gasteiger partial charge in [0.2, 0.25) is 0 Å². The number of fused-ring (bicyclic) bond motifs is 2. The number of phenolic OH excluding ortho intramolecular Hbond substituents is 1. The topological polar surface area (TPSA) is 46.0 Å². The molecule has 1 N–H and O–H groups in total. The summed E-state index contributed by atoms with van der Waals surface area (Å²) in [5, 5.41) is 14.3. The van der Waals surface area contributed by atoms with Crippen LogP contribution < -0.4 is 0 Å². The van der Waals surface area contributed by atoms with Gasteiger partial charge in [0.05, 0.1) is 0 Å². The molecule has 0 radical (unpaired) electrons. The Morgan fingerprint density at radius 1 is 0.596 bits per heavy atom. The van der Waals surface area contributed by atoms with Gasteiger partial charge in [0.1, 0.15) is 0 Å². The first kappa shape index (κ1) is 35.9. The predicted octanol–water partition coefficient (Wildman–Crippen LogP) is 12.7. The van der Waals surface area contributed by atoms with Crippen molar-refractivity contribution < 1.29 is 5.11 Å². The van der Waals surface area contributed by atoms with Crippen molar-refractivity contribution in [2.75, 3.05) is 0 Å². The Labute approximate surface area is 315 Å². The Hall–Kier alpha value is -4.50. The molecule has 0 aliphatic rings. The standard InChI is InChI=1S/C48H50N2OSe/c1-28-15-14-16-29(2)40(28)37-20-19-36(31-23-32(25-33(24-31)46(3,4)5)41-35-18-13-12-17-30(35)21-22-49-41)42-44(37)52-45(50-42)38-26-34(47(6,7)8)27-39(43(38)51)48(9,10)11/h12-27,51H,1-11H3. The minimum atomic E-state index is -0.229. The van der Waals surface area contributed by atoms with Gasteiger partial charge in [-0.2, -0.15) is 0 Å². The van der Waals surface area contributed by atoms with Gasteiger partial charge in [-0.1, -0.05) is 0 Å². The maximum atomic E-state index is 12.0. The van der Waals surface area contributed by atoms with Crippen molar-refractivity contribution >= 4 is 35.1 Å². The molecule has 0 bridgehead atoms. The Morgan fingerprint density at radius 2 is 1.23 bits per heavy atom. The first-order chi connectivity index (χ1) is 24.4. The molecule has 2 aromatic heterocycles. The number of hydrogen-bond acceptors (Lipinski definition) is 3. The van der Waals surface area contributed by atoms with Crippen LogP contribution in [0.25, 0.3) is 64.2 Å². The quantitative estimate of drug-likeness (QED) is 0.182. The van der Waals surface area contributed by atoms with Crippen molar-refractivity contribution in [2.45, 2.75) is 92.4 Å². The molecular formula is C48H50N2OSe. The summed E-state index contributed by atoms with van der Waals surface area (Å²) in [5.74, 6) is 0.350. The van der Waals surface area contributed by atoms with E-state index in [1.54, 1.807) is 0 Å². The first-order valence-electron chi connectivity index (χ1n) is 18.3. The van der Waals surface area contributed by atoms with Crippen LogP contribution in [0.5, 0.6) is 5.75 Å². The summed E-state index contributed by atoms with van der Waals surface area (Å²) >= 11 is -0.153. The second kappa shape index (κ2) is 12.9. The fourth-order valence-corrected chi connectivity index (χ4v) is 9.66. The molecule has 3 nitrogen and oxygen atoms in total. The number of aromatic nitrogens is 2. The number of rotatable bonds is 4. The van der Waals surface area contributed by atoms with Gasteiger partial charge in [-0.15, -0.1) is 0 Å². The van der Waals surface area contributed by atoms with Crippen LogP contribution in [0.4, 0.5) is 0 Å². The van der Waals surface area contributed by atoms with E-state index in [-0.39, 0.29) is 30.7 Å². The number of hydrogen-bond donors (Lipinski definition) is 1. The van der Waals surface area contributed by atoms with Crippen molar-refractivity contribution in [3.8, 4) is 49.4 Å². The third-order valence-corrected chi connectivity index (χ3v) is 12.7. The van der Waals surface area contributed by atoms with Gasteiger partial charge in [-0.3, -0.25) is 0 Å². The van der Waals surface area contributed by atoms with Gasteiger partial charge in [0, 0.05) is 0 Å². The van der Waals surface area contributed by atoms with Gasteiger partial charge in [0.25, 0.3) is 0 Å². The van der Waals surface area contributed by atoms with Crippen molar-refractivity contribution in [3.63, 3.8) is 0 Å². The number of pyridine rings is 1. The Balaban J connectivity index is 1.56. The molecule has 7 aromatic rings. The second-order valence-corrected chi connectivity index (χ2v) is 19.6. The van der Waals surface area contributed by atoms with Gasteiger partial charge < -0.3 is 0 Å². The normalized spacial score (nSPS) is 12.6. The van der Waals surface area contributed by atoms with Gasteiger partial charge in [-0.05, 0) is 0 Å². The third-order valence-electron chi connectivity index (χ3n) is 10.4. The molecule has 52 heavy (non-hydrogen) atoms. The summed E-state index contributed by atoms with van der Waals surface area (Å²) in [5.41, 5.74) is 14.2. The monoisotopic (exact) mass is 750 g/mol. The molecular weight excluding hydrogens is 700 g/mol. The Kier molecular flexibility index (Phi) is 8.88. The van der Waals surface area contributed by atoms with Crippen LogP contribution in [0, 0.1) is 13.8 Å². The molecule has 7 rings (SSSR count). The predicted molar refractivity (Wildman–Crippen MR) is 223 cm³/mol. The first-order valence-corrected chi connectivity index (χ1v) is 20.0. The second-order valence-electron chi connectivity index (χ2n) is 17.5. The molecule has 0 amide bonds. The molecule has 0 atom stereocenters. The molecule has 5 aromatic carbocycles. The van der Waals surface area contributed by atoms with Crippen LogP contribution in [0.15, 0.2) is 97.2 Å². The van der Waals surface area contributed by atoms with Crippen molar-refractivity contribution in [1.82, 2.24) is 9.97 Å². The zero-order valence-electron chi connectivity index (χ0n) is 32.5. The van der Waals surface area contributed by atoms with E-state index in [0.717, 1.165) is 49.0 Å². The summed E-state index contributed by atoms with van der Waals surface area (Å²) in [6, 6.07) is 33.1. The van der Waals surface area contributed by atoms with E-state index < -0.39 is 0 Å². The number of aryl methyl sites for hydroxylation is 2. The van der Waals surface area contributed by atoms with E-state index in [4.69, 9.17) is 9.97 Å². The third kappa shape index (κ3) is 6.53. The van der Waals surface area contributed by atoms with E-state index in [2.05, 4.69) is 167 Å². The minimum absolute atomic E-state index is 0.0857. The molecule has 4 heteroatoms. The van der Waals surface area contributed by atoms with Crippen molar-refractivity contribution in [1.29, 1.82) is 0 Å². The zero-order valence-corrected chi connectivity index (χ0v) is 34.2. The van der Waals surface area contributed by atoms with Crippen molar-refractivity contribution in [3.05, 3.63) is 125 Å². The van der Waals surface area contributed by atoms with Crippen LogP contribution >= 0.6 is 0 Å². The summed E-state index contributed by atoms with van der Waals surface area (Å²) in [7, 11) is 0. The fraction of sp³-hybridized carbons (Fsp3) is 0.292. The molecule has 0 aliphatic heterocycles. The van der Waals surface area contributed by atoms with E-state index >= 15 is 0 Å². The average Bonchev–Trinajstić information content (AvgIpc) is 3.52. The number of nitrogens with zero attached hydrogens (tertiary/aromatic N) is 2. The van der Waals surface area contributed by atoms with Gasteiger partial charge in [-0.25, -0.2) is 0 Å². The molecule has 0 saturated heterocycles. The number of benzene rings is 5. The zero-order chi connectivity index (χ0) is 37.3. The summed E-state index contributed by atoms with van der Waals surface area (Å²) in [6.45, 7) is 24.5. The van der Waals surface area contributed by atoms with Crippen molar-refractivity contribution in [2.24, 2.45) is 0 Å². The Bertz CT molecular complexity index is 2470. The van der Waals surface area contributed by atoms with Crippen LogP contribution in [0.2, 0.25) is 0 Å². The Morgan fingerprint density at radius 3 is 1.90 bits per heavy atom. The molecule has 0 fully saturated rings. The van der Waals surface area contributed by atoms with Crippen LogP contribution in [0.1, 0.15) is 90.1 Å². The number of phenols is 1. The molecule has 2 heterocycles. The van der Waals surface area contributed by atoms with E-state index in [1.165, 1.54) is 43.0 Å². The van der Waals surface area contributed by atoms with Gasteiger partial charge >= 0.3 is 317 Å². The molecule has 0 spiro atoms. The molecule has 0 unspecified atom stereocenters. The summed E-state index contributed by atoms with van der Waals surface area (Å²) in [4.78, 5) is 10.5. The van der Waals surface area contributed by atoms with Crippen LogP contribution in [-0.2, 0) is 16.2 Å². The van der Waals surface area contributed by atoms with E-state index in [9.17, 15) is 5.11 Å². The SMILES string of the molecule is Cc1cccc(C)c1-c1ccc(-c2cc(-c3nccc4ccccc34)cc(C(C)(C)C)c2)c2nc(-c3cc(C(C)(C)C)cc(C(C)(C)C)c3O)[se]c12. The maximum absolute atomic E-state index is 12.0. The average molecular weight is 750 g/mol. The summed E-state index contributed by atoms with van der Waals surface area (Å²) in [6.07, 6.45) is 1.92. The summed E-state index contributed by atoms with van der Waals surface area (Å²) < 4.78 is 2.24. The van der Waals surface area contributed by atoms with Gasteiger partial charge in [0.15, 0.2) is 0 Å². The van der Waals surface area contributed by atoms with Crippen LogP contribution in [0.3, 0.4) is 0 Å². The molecule has 264 valence electrons. The fourth-order valence-electron chi connectivity index (χ4n) is 7.30. The van der Waals surface area contributed by atoms with Crippen LogP contribution in [-0.4, -0.2) is 29.6 Å².